The van der Waals surface area contributed by atoms with Gasteiger partial charge in [0.1, 0.15) is 0 Å². The summed E-state index contributed by atoms with van der Waals surface area (Å²) >= 11 is 16.3. The predicted octanol–water partition coefficient (Wildman–Crippen LogP) is 3.32. The van der Waals surface area contributed by atoms with Crippen molar-refractivity contribution in [2.24, 2.45) is 0 Å². The number of hydrogen-bond acceptors (Lipinski definition) is 0. The first-order valence-electron chi connectivity index (χ1n) is 2.18. The zero-order valence-electron chi connectivity index (χ0n) is 4.71. The molecule has 0 amide bonds. The molecule has 3 heteroatoms. The van der Waals surface area contributed by atoms with Crippen molar-refractivity contribution in [3.63, 3.8) is 0 Å². The van der Waals surface area contributed by atoms with Gasteiger partial charge in [-0.1, -0.05) is 40.9 Å². The largest absolute Gasteiger partial charge is 0.211 e. The third kappa shape index (κ3) is 2.81. The van der Waals surface area contributed by atoms with Crippen LogP contribution in [0.2, 0.25) is 0 Å². The summed E-state index contributed by atoms with van der Waals surface area (Å²) in [6, 6.07) is 0. The zero-order valence-corrected chi connectivity index (χ0v) is 6.98. The summed E-state index contributed by atoms with van der Waals surface area (Å²) in [6.45, 7) is 3.60. The second kappa shape index (κ2) is 2.95. The van der Waals surface area contributed by atoms with Crippen LogP contribution in [0.1, 0.15) is 13.8 Å². The lowest BCUT2D eigenvalue weighted by atomic mass is 10.3. The van der Waals surface area contributed by atoms with E-state index in [0.29, 0.717) is 0 Å². The fourth-order valence-corrected chi connectivity index (χ4v) is 0.491. The standard InChI is InChI=1S/C5H7Cl3/c1-3-4(2)5(6,7)8/h3H,1-2H3/b4-3+. The van der Waals surface area contributed by atoms with Gasteiger partial charge in [-0.05, 0) is 19.4 Å². The van der Waals surface area contributed by atoms with Crippen LogP contribution in [0.3, 0.4) is 0 Å². The van der Waals surface area contributed by atoms with Gasteiger partial charge in [0.2, 0.25) is 3.79 Å². The van der Waals surface area contributed by atoms with Crippen LogP contribution in [0.25, 0.3) is 0 Å². The normalized spacial score (nSPS) is 14.4. The van der Waals surface area contributed by atoms with Crippen LogP contribution in [0, 0.1) is 0 Å². The third-order valence-electron chi connectivity index (χ3n) is 0.880. The van der Waals surface area contributed by atoms with Gasteiger partial charge in [0.15, 0.2) is 0 Å². The molecule has 0 aromatic carbocycles. The van der Waals surface area contributed by atoms with E-state index in [1.54, 1.807) is 13.0 Å². The Morgan fingerprint density at radius 2 is 1.75 bits per heavy atom. The molecule has 0 aliphatic carbocycles. The molecule has 0 aliphatic heterocycles. The lowest BCUT2D eigenvalue weighted by molar-refractivity contribution is 1.23. The monoisotopic (exact) mass is 172 g/mol. The summed E-state index contributed by atoms with van der Waals surface area (Å²) in [5, 5.41) is 0. The number of halogens is 3. The summed E-state index contributed by atoms with van der Waals surface area (Å²) < 4.78 is -1.21. The molecule has 0 saturated carbocycles. The topological polar surface area (TPSA) is 0 Å². The lowest BCUT2D eigenvalue weighted by Crippen LogP contribution is -2.02. The molecule has 0 nitrogen and oxygen atoms in total. The van der Waals surface area contributed by atoms with Crippen LogP contribution < -0.4 is 0 Å². The Kier molecular flexibility index (Phi) is 3.18. The molecule has 48 valence electrons. The van der Waals surface area contributed by atoms with E-state index in [0.717, 1.165) is 5.57 Å². The molecule has 0 N–H and O–H groups in total. The maximum absolute atomic E-state index is 5.45. The minimum atomic E-state index is -1.21. The first kappa shape index (κ1) is 8.61. The molecule has 0 aromatic rings. The smallest absolute Gasteiger partial charge is 0.0845 e. The molecular weight excluding hydrogens is 166 g/mol. The molecule has 0 aliphatic rings. The van der Waals surface area contributed by atoms with E-state index in [1.165, 1.54) is 0 Å². The van der Waals surface area contributed by atoms with E-state index < -0.39 is 3.79 Å². The molecule has 0 heterocycles. The number of rotatable bonds is 0. The highest BCUT2D eigenvalue weighted by atomic mass is 35.6. The highest BCUT2D eigenvalue weighted by molar-refractivity contribution is 6.69. The van der Waals surface area contributed by atoms with Crippen molar-refractivity contribution >= 4 is 34.8 Å². The number of allylic oxidation sites excluding steroid dienone is 2. The second-order valence-corrected chi connectivity index (χ2v) is 3.75. The molecule has 8 heavy (non-hydrogen) atoms. The first-order chi connectivity index (χ1) is 3.48. The molecule has 0 aromatic heterocycles. The van der Waals surface area contributed by atoms with Crippen molar-refractivity contribution in [2.75, 3.05) is 0 Å². The Labute approximate surface area is 64.4 Å². The van der Waals surface area contributed by atoms with Gasteiger partial charge in [0, 0.05) is 0 Å². The Morgan fingerprint density at radius 3 is 1.75 bits per heavy atom. The van der Waals surface area contributed by atoms with Crippen molar-refractivity contribution in [3.05, 3.63) is 11.6 Å². The second-order valence-electron chi connectivity index (χ2n) is 1.47. The summed E-state index contributed by atoms with van der Waals surface area (Å²) in [4.78, 5) is 0. The van der Waals surface area contributed by atoms with E-state index in [-0.39, 0.29) is 0 Å². The lowest BCUT2D eigenvalue weighted by Gasteiger charge is -2.09. The van der Waals surface area contributed by atoms with E-state index in [1.807, 2.05) is 6.92 Å². The van der Waals surface area contributed by atoms with Crippen molar-refractivity contribution in [1.29, 1.82) is 0 Å². The van der Waals surface area contributed by atoms with Gasteiger partial charge in [0.05, 0.1) is 0 Å². The Hall–Kier alpha value is 0.610. The van der Waals surface area contributed by atoms with Gasteiger partial charge in [-0.2, -0.15) is 0 Å². The SMILES string of the molecule is C/C=C(\C)C(Cl)(Cl)Cl. The van der Waals surface area contributed by atoms with Gasteiger partial charge in [-0.25, -0.2) is 0 Å². The molecule has 0 saturated heterocycles. The Bertz CT molecular complexity index is 98.7. The van der Waals surface area contributed by atoms with E-state index >= 15 is 0 Å². The average Bonchev–Trinajstić information content (AvgIpc) is 1.62. The minimum Gasteiger partial charge on any atom is -0.0845 e. The van der Waals surface area contributed by atoms with Crippen LogP contribution >= 0.6 is 34.8 Å². The predicted molar refractivity (Wildman–Crippen MR) is 39.7 cm³/mol. The Balaban J connectivity index is 4.03. The molecule has 0 unspecified atom stereocenters. The van der Waals surface area contributed by atoms with Crippen molar-refractivity contribution in [2.45, 2.75) is 17.6 Å². The average molecular weight is 173 g/mol. The van der Waals surface area contributed by atoms with E-state index in [9.17, 15) is 0 Å². The van der Waals surface area contributed by atoms with E-state index in [4.69, 9.17) is 34.8 Å². The molecule has 0 bridgehead atoms. The minimum absolute atomic E-state index is 0.752. The molecule has 0 radical (unpaired) electrons. The quantitative estimate of drug-likeness (QED) is 0.389. The van der Waals surface area contributed by atoms with Crippen molar-refractivity contribution in [3.8, 4) is 0 Å². The highest BCUT2D eigenvalue weighted by Crippen LogP contribution is 2.33. The molecule has 0 atom stereocenters. The van der Waals surface area contributed by atoms with Crippen LogP contribution in [-0.2, 0) is 0 Å². The maximum atomic E-state index is 5.45. The number of alkyl halides is 3. The fraction of sp³-hybridized carbons (Fsp3) is 0.600. The summed E-state index contributed by atoms with van der Waals surface area (Å²) in [6.07, 6.45) is 1.77. The third-order valence-corrected chi connectivity index (χ3v) is 1.77. The molecule has 0 spiro atoms. The molecule has 0 rings (SSSR count). The van der Waals surface area contributed by atoms with Gasteiger partial charge < -0.3 is 0 Å². The summed E-state index contributed by atoms with van der Waals surface area (Å²) in [5.41, 5.74) is 0.752. The zero-order chi connectivity index (χ0) is 6.78. The molecule has 0 fully saturated rings. The first-order valence-corrected chi connectivity index (χ1v) is 3.32. The van der Waals surface area contributed by atoms with Crippen LogP contribution in [-0.4, -0.2) is 3.79 Å². The van der Waals surface area contributed by atoms with Crippen LogP contribution in [0.4, 0.5) is 0 Å². The molecular formula is C5H7Cl3. The summed E-state index contributed by atoms with van der Waals surface area (Å²) in [7, 11) is 0. The summed E-state index contributed by atoms with van der Waals surface area (Å²) in [5.74, 6) is 0. The van der Waals surface area contributed by atoms with Crippen molar-refractivity contribution < 1.29 is 0 Å². The van der Waals surface area contributed by atoms with Crippen LogP contribution in [0.15, 0.2) is 11.6 Å². The van der Waals surface area contributed by atoms with Gasteiger partial charge in [-0.3, -0.25) is 0 Å². The van der Waals surface area contributed by atoms with Crippen molar-refractivity contribution in [1.82, 2.24) is 0 Å². The van der Waals surface area contributed by atoms with Gasteiger partial charge in [0.25, 0.3) is 0 Å². The van der Waals surface area contributed by atoms with Gasteiger partial charge in [-0.15, -0.1) is 0 Å². The van der Waals surface area contributed by atoms with Gasteiger partial charge >= 0.3 is 0 Å². The Morgan fingerprint density at radius 1 is 1.38 bits per heavy atom. The number of hydrogen-bond donors (Lipinski definition) is 0. The van der Waals surface area contributed by atoms with E-state index in [2.05, 4.69) is 0 Å². The van der Waals surface area contributed by atoms with Crippen LogP contribution in [0.5, 0.6) is 0 Å². The maximum Gasteiger partial charge on any atom is 0.211 e. The highest BCUT2D eigenvalue weighted by Gasteiger charge is 2.20. The fourth-order valence-electron chi connectivity index (χ4n) is 0.164.